The van der Waals surface area contributed by atoms with Gasteiger partial charge in [-0.05, 0) is 18.2 Å². The fourth-order valence-electron chi connectivity index (χ4n) is 2.13. The van der Waals surface area contributed by atoms with Crippen LogP contribution in [0.1, 0.15) is 0 Å². The first-order chi connectivity index (χ1) is 11.5. The van der Waals surface area contributed by atoms with Crippen LogP contribution in [-0.2, 0) is 16.1 Å². The highest BCUT2D eigenvalue weighted by atomic mass is 16.5. The normalized spacial score (nSPS) is 10.2. The molecule has 8 heteroatoms. The Morgan fingerprint density at radius 1 is 1.04 bits per heavy atom. The van der Waals surface area contributed by atoms with Crippen molar-refractivity contribution in [2.45, 2.75) is 6.54 Å². The molecule has 0 aliphatic heterocycles. The Kier molecular flexibility index (Phi) is 5.41. The molecule has 0 fully saturated rings. The largest absolute Gasteiger partial charge is 0.493 e. The van der Waals surface area contributed by atoms with Crippen LogP contribution in [0.5, 0.6) is 17.2 Å². The molecule has 8 nitrogen and oxygen atoms in total. The molecule has 2 aromatic rings. The second kappa shape index (κ2) is 7.49. The van der Waals surface area contributed by atoms with E-state index in [0.717, 1.165) is 4.68 Å². The molecule has 24 heavy (non-hydrogen) atoms. The molecule has 1 aromatic heterocycles. The van der Waals surface area contributed by atoms with Crippen molar-refractivity contribution < 1.29 is 23.7 Å². The van der Waals surface area contributed by atoms with Gasteiger partial charge in [-0.15, -0.1) is 0 Å². The van der Waals surface area contributed by atoms with Crippen LogP contribution in [0.2, 0.25) is 0 Å². The standard InChI is InChI=1S/C16H18N2O6/c1-21-12-7-10(8-13(22-2)16(12)24-4)11-5-6-14(19)18(17-11)9-15(20)23-3/h5-8H,9H2,1-4H3. The maximum atomic E-state index is 11.8. The lowest BCUT2D eigenvalue weighted by Crippen LogP contribution is -2.26. The zero-order valence-corrected chi connectivity index (χ0v) is 13.9. The SMILES string of the molecule is COC(=O)Cn1nc(-c2cc(OC)c(OC)c(OC)c2)ccc1=O. The van der Waals surface area contributed by atoms with Crippen molar-refractivity contribution in [1.29, 1.82) is 0 Å². The molecule has 0 amide bonds. The first-order valence-electron chi connectivity index (χ1n) is 6.99. The van der Waals surface area contributed by atoms with Gasteiger partial charge in [-0.1, -0.05) is 0 Å². The third-order valence-corrected chi connectivity index (χ3v) is 3.33. The minimum Gasteiger partial charge on any atom is -0.493 e. The first kappa shape index (κ1) is 17.3. The molecule has 1 heterocycles. The number of ether oxygens (including phenoxy) is 4. The van der Waals surface area contributed by atoms with Crippen molar-refractivity contribution in [2.24, 2.45) is 0 Å². The molecule has 128 valence electrons. The van der Waals surface area contributed by atoms with Crippen molar-refractivity contribution in [3.05, 3.63) is 34.6 Å². The maximum Gasteiger partial charge on any atom is 0.327 e. The zero-order valence-electron chi connectivity index (χ0n) is 13.9. The molecule has 0 bridgehead atoms. The summed E-state index contributed by atoms with van der Waals surface area (Å²) in [7, 11) is 5.77. The monoisotopic (exact) mass is 334 g/mol. The van der Waals surface area contributed by atoms with Crippen LogP contribution >= 0.6 is 0 Å². The van der Waals surface area contributed by atoms with Crippen molar-refractivity contribution >= 4 is 5.97 Å². The van der Waals surface area contributed by atoms with Gasteiger partial charge in [0, 0.05) is 11.6 Å². The summed E-state index contributed by atoms with van der Waals surface area (Å²) in [6.07, 6.45) is 0. The molecule has 0 atom stereocenters. The summed E-state index contributed by atoms with van der Waals surface area (Å²) in [5, 5.41) is 4.19. The summed E-state index contributed by atoms with van der Waals surface area (Å²) in [6, 6.07) is 6.29. The summed E-state index contributed by atoms with van der Waals surface area (Å²) >= 11 is 0. The van der Waals surface area contributed by atoms with Gasteiger partial charge in [0.25, 0.3) is 5.56 Å². The van der Waals surface area contributed by atoms with Crippen LogP contribution in [0.15, 0.2) is 29.1 Å². The van der Waals surface area contributed by atoms with Gasteiger partial charge in [0.15, 0.2) is 11.5 Å². The van der Waals surface area contributed by atoms with E-state index >= 15 is 0 Å². The number of methoxy groups -OCH3 is 4. The molecule has 0 aliphatic rings. The molecule has 0 saturated carbocycles. The lowest BCUT2D eigenvalue weighted by Gasteiger charge is -2.14. The van der Waals surface area contributed by atoms with Gasteiger partial charge in [-0.2, -0.15) is 5.10 Å². The summed E-state index contributed by atoms with van der Waals surface area (Å²) in [5.74, 6) is 0.803. The van der Waals surface area contributed by atoms with E-state index in [-0.39, 0.29) is 6.54 Å². The van der Waals surface area contributed by atoms with Gasteiger partial charge in [-0.3, -0.25) is 9.59 Å². The molecule has 0 aliphatic carbocycles. The van der Waals surface area contributed by atoms with E-state index in [1.54, 1.807) is 18.2 Å². The Bertz CT molecular complexity index is 774. The van der Waals surface area contributed by atoms with Gasteiger partial charge < -0.3 is 18.9 Å². The van der Waals surface area contributed by atoms with Gasteiger partial charge in [0.2, 0.25) is 5.75 Å². The highest BCUT2D eigenvalue weighted by molar-refractivity contribution is 5.70. The Morgan fingerprint density at radius 3 is 2.17 bits per heavy atom. The number of carbonyl (C=O) groups excluding carboxylic acids is 1. The molecule has 0 spiro atoms. The molecular weight excluding hydrogens is 316 g/mol. The minimum atomic E-state index is -0.563. The van der Waals surface area contributed by atoms with E-state index in [4.69, 9.17) is 14.2 Å². The average molecular weight is 334 g/mol. The summed E-state index contributed by atoms with van der Waals surface area (Å²) in [6.45, 7) is -0.270. The second-order valence-corrected chi connectivity index (χ2v) is 4.70. The number of hydrogen-bond acceptors (Lipinski definition) is 7. The fraction of sp³-hybridized carbons (Fsp3) is 0.312. The number of aromatic nitrogens is 2. The summed E-state index contributed by atoms with van der Waals surface area (Å²) in [4.78, 5) is 23.2. The van der Waals surface area contributed by atoms with E-state index in [2.05, 4.69) is 9.84 Å². The molecule has 1 aromatic carbocycles. The van der Waals surface area contributed by atoms with Crippen LogP contribution in [0.3, 0.4) is 0 Å². The van der Waals surface area contributed by atoms with Gasteiger partial charge in [0.05, 0.1) is 34.1 Å². The highest BCUT2D eigenvalue weighted by Crippen LogP contribution is 2.40. The Labute approximate surface area is 138 Å². The topological polar surface area (TPSA) is 88.9 Å². The smallest absolute Gasteiger partial charge is 0.327 e. The van der Waals surface area contributed by atoms with Gasteiger partial charge >= 0.3 is 5.97 Å². The lowest BCUT2D eigenvalue weighted by molar-refractivity contribution is -0.141. The Hall–Kier alpha value is -3.03. The Balaban J connectivity index is 2.54. The van der Waals surface area contributed by atoms with Crippen LogP contribution in [0.4, 0.5) is 0 Å². The number of carbonyl (C=O) groups is 1. The number of hydrogen-bond donors (Lipinski definition) is 0. The van der Waals surface area contributed by atoms with Crippen LogP contribution in [0, 0.1) is 0 Å². The van der Waals surface area contributed by atoms with Gasteiger partial charge in [-0.25, -0.2) is 4.68 Å². The zero-order chi connectivity index (χ0) is 17.7. The quantitative estimate of drug-likeness (QED) is 0.731. The van der Waals surface area contributed by atoms with Crippen molar-refractivity contribution in [3.8, 4) is 28.5 Å². The average Bonchev–Trinajstić information content (AvgIpc) is 2.61. The first-order valence-corrected chi connectivity index (χ1v) is 6.99. The molecular formula is C16H18N2O6. The predicted molar refractivity (Wildman–Crippen MR) is 85.6 cm³/mol. The third kappa shape index (κ3) is 3.48. The molecule has 0 unspecified atom stereocenters. The van der Waals surface area contributed by atoms with E-state index in [0.29, 0.717) is 28.5 Å². The number of rotatable bonds is 6. The van der Waals surface area contributed by atoms with E-state index < -0.39 is 11.5 Å². The van der Waals surface area contributed by atoms with Crippen LogP contribution in [-0.4, -0.2) is 44.2 Å². The van der Waals surface area contributed by atoms with E-state index in [1.165, 1.54) is 34.5 Å². The van der Waals surface area contributed by atoms with Crippen LogP contribution < -0.4 is 19.8 Å². The summed E-state index contributed by atoms with van der Waals surface area (Å²) < 4.78 is 21.5. The van der Waals surface area contributed by atoms with Crippen molar-refractivity contribution in [1.82, 2.24) is 9.78 Å². The second-order valence-electron chi connectivity index (χ2n) is 4.70. The molecule has 0 radical (unpaired) electrons. The minimum absolute atomic E-state index is 0.270. The van der Waals surface area contributed by atoms with Crippen molar-refractivity contribution in [3.63, 3.8) is 0 Å². The number of esters is 1. The summed E-state index contributed by atoms with van der Waals surface area (Å²) in [5.41, 5.74) is 0.706. The van der Waals surface area contributed by atoms with Gasteiger partial charge in [0.1, 0.15) is 6.54 Å². The lowest BCUT2D eigenvalue weighted by atomic mass is 10.1. The van der Waals surface area contributed by atoms with E-state index in [9.17, 15) is 9.59 Å². The molecule has 0 N–H and O–H groups in total. The van der Waals surface area contributed by atoms with Crippen molar-refractivity contribution in [2.75, 3.05) is 28.4 Å². The number of benzene rings is 1. The predicted octanol–water partition coefficient (Wildman–Crippen LogP) is 1.11. The molecule has 2 rings (SSSR count). The third-order valence-electron chi connectivity index (χ3n) is 3.33. The van der Waals surface area contributed by atoms with Crippen LogP contribution in [0.25, 0.3) is 11.3 Å². The van der Waals surface area contributed by atoms with E-state index in [1.807, 2.05) is 0 Å². The maximum absolute atomic E-state index is 11.8. The Morgan fingerprint density at radius 2 is 1.67 bits per heavy atom. The molecule has 0 saturated heterocycles. The fourth-order valence-corrected chi connectivity index (χ4v) is 2.13. The highest BCUT2D eigenvalue weighted by Gasteiger charge is 2.15. The number of nitrogens with zero attached hydrogens (tertiary/aromatic N) is 2.